The van der Waals surface area contributed by atoms with Crippen molar-refractivity contribution in [3.63, 3.8) is 0 Å². The molecule has 0 amide bonds. The predicted molar refractivity (Wildman–Crippen MR) is 122 cm³/mol. The molecule has 0 aromatic heterocycles. The van der Waals surface area contributed by atoms with Crippen LogP contribution in [0, 0.1) is 0 Å². The van der Waals surface area contributed by atoms with Crippen molar-refractivity contribution in [3.05, 3.63) is 90.0 Å². The number of anilines is 1. The maximum atomic E-state index is 12.0. The molecule has 5 heteroatoms. The molecule has 3 aromatic rings. The molecule has 0 atom stereocenters. The van der Waals surface area contributed by atoms with Crippen LogP contribution in [0.15, 0.2) is 78.9 Å². The molecular weight excluding hydrogens is 390 g/mol. The first kappa shape index (κ1) is 22.2. The first-order valence-electron chi connectivity index (χ1n) is 10.4. The van der Waals surface area contributed by atoms with E-state index in [0.29, 0.717) is 25.5 Å². The fourth-order valence-corrected chi connectivity index (χ4v) is 2.96. The van der Waals surface area contributed by atoms with Crippen LogP contribution in [0.3, 0.4) is 0 Å². The zero-order valence-electron chi connectivity index (χ0n) is 18.3. The van der Waals surface area contributed by atoms with Crippen LogP contribution in [0.4, 0.5) is 5.69 Å². The van der Waals surface area contributed by atoms with E-state index in [1.165, 1.54) is 0 Å². The molecule has 0 aliphatic heterocycles. The smallest absolute Gasteiger partial charge is 0.349 e. The number of nitrogens with one attached hydrogen (secondary N) is 1. The lowest BCUT2D eigenvalue weighted by Crippen LogP contribution is -2.39. The molecule has 5 nitrogen and oxygen atoms in total. The van der Waals surface area contributed by atoms with Crippen LogP contribution in [0.25, 0.3) is 0 Å². The second-order valence-electron chi connectivity index (χ2n) is 7.63. The molecule has 0 heterocycles. The van der Waals surface area contributed by atoms with Crippen molar-refractivity contribution in [2.45, 2.75) is 39.5 Å². The summed E-state index contributed by atoms with van der Waals surface area (Å²) in [5.74, 6) is 1.06. The first-order valence-corrected chi connectivity index (χ1v) is 10.4. The van der Waals surface area contributed by atoms with Crippen molar-refractivity contribution in [2.24, 2.45) is 0 Å². The highest BCUT2D eigenvalue weighted by molar-refractivity contribution is 5.79. The standard InChI is InChI=1S/C26H29NO4/c1-4-29-25(28)26(2,3)31-24-12-8-11-22(17-24)27-18-20-13-15-23(16-14-20)30-19-21-9-6-5-7-10-21/h5-17,27H,4,18-19H2,1-3H3. The lowest BCUT2D eigenvalue weighted by molar-refractivity contribution is -0.158. The molecule has 0 saturated heterocycles. The molecular formula is C26H29NO4. The third-order valence-electron chi connectivity index (χ3n) is 4.64. The van der Waals surface area contributed by atoms with Crippen LogP contribution < -0.4 is 14.8 Å². The highest BCUT2D eigenvalue weighted by Crippen LogP contribution is 2.24. The molecule has 0 fully saturated rings. The maximum Gasteiger partial charge on any atom is 0.349 e. The minimum absolute atomic E-state index is 0.323. The van der Waals surface area contributed by atoms with Crippen molar-refractivity contribution < 1.29 is 19.0 Å². The number of carbonyl (C=O) groups is 1. The van der Waals surface area contributed by atoms with E-state index in [1.54, 1.807) is 20.8 Å². The van der Waals surface area contributed by atoms with Crippen molar-refractivity contribution in [2.75, 3.05) is 11.9 Å². The zero-order valence-corrected chi connectivity index (χ0v) is 18.3. The van der Waals surface area contributed by atoms with Gasteiger partial charge in [0.25, 0.3) is 0 Å². The third-order valence-corrected chi connectivity index (χ3v) is 4.64. The summed E-state index contributed by atoms with van der Waals surface area (Å²) in [5, 5.41) is 3.38. The fourth-order valence-electron chi connectivity index (χ4n) is 2.96. The Morgan fingerprint density at radius 1 is 0.871 bits per heavy atom. The molecule has 0 aliphatic rings. The van der Waals surface area contributed by atoms with E-state index in [1.807, 2.05) is 78.9 Å². The molecule has 3 rings (SSSR count). The van der Waals surface area contributed by atoms with Gasteiger partial charge < -0.3 is 19.5 Å². The average Bonchev–Trinajstić information content (AvgIpc) is 2.78. The summed E-state index contributed by atoms with van der Waals surface area (Å²) in [5.41, 5.74) is 2.12. The minimum atomic E-state index is -1.05. The van der Waals surface area contributed by atoms with E-state index in [-0.39, 0.29) is 5.97 Å². The van der Waals surface area contributed by atoms with Gasteiger partial charge in [0, 0.05) is 18.3 Å². The predicted octanol–water partition coefficient (Wildman–Crippen LogP) is 5.60. The zero-order chi connectivity index (χ0) is 22.1. The summed E-state index contributed by atoms with van der Waals surface area (Å²) in [6, 6.07) is 25.7. The van der Waals surface area contributed by atoms with Crippen LogP contribution in [-0.2, 0) is 22.7 Å². The average molecular weight is 420 g/mol. The number of carbonyl (C=O) groups excluding carboxylic acids is 1. The minimum Gasteiger partial charge on any atom is -0.489 e. The summed E-state index contributed by atoms with van der Waals surface area (Å²) in [6.07, 6.45) is 0. The summed E-state index contributed by atoms with van der Waals surface area (Å²) >= 11 is 0. The summed E-state index contributed by atoms with van der Waals surface area (Å²) in [4.78, 5) is 12.0. The van der Waals surface area contributed by atoms with Crippen molar-refractivity contribution in [1.82, 2.24) is 0 Å². The maximum absolute atomic E-state index is 12.0. The molecule has 0 aliphatic carbocycles. The van der Waals surface area contributed by atoms with Crippen LogP contribution in [0.1, 0.15) is 31.9 Å². The lowest BCUT2D eigenvalue weighted by Gasteiger charge is -2.24. The second kappa shape index (κ2) is 10.5. The van der Waals surface area contributed by atoms with E-state index in [2.05, 4.69) is 5.32 Å². The van der Waals surface area contributed by atoms with E-state index in [9.17, 15) is 4.79 Å². The third kappa shape index (κ3) is 6.78. The Morgan fingerprint density at radius 3 is 2.32 bits per heavy atom. The van der Waals surface area contributed by atoms with Gasteiger partial charge in [0.05, 0.1) is 6.61 Å². The van der Waals surface area contributed by atoms with Gasteiger partial charge in [0.1, 0.15) is 18.1 Å². The second-order valence-corrected chi connectivity index (χ2v) is 7.63. The van der Waals surface area contributed by atoms with Gasteiger partial charge in [0.2, 0.25) is 0 Å². The quantitative estimate of drug-likeness (QED) is 0.434. The summed E-state index contributed by atoms with van der Waals surface area (Å²) < 4.78 is 16.8. The van der Waals surface area contributed by atoms with Gasteiger partial charge in [-0.05, 0) is 56.2 Å². The van der Waals surface area contributed by atoms with Crippen LogP contribution in [0.5, 0.6) is 11.5 Å². The number of benzene rings is 3. The molecule has 0 spiro atoms. The van der Waals surface area contributed by atoms with Gasteiger partial charge in [-0.1, -0.05) is 48.5 Å². The van der Waals surface area contributed by atoms with Gasteiger partial charge in [-0.15, -0.1) is 0 Å². The van der Waals surface area contributed by atoms with Crippen molar-refractivity contribution >= 4 is 11.7 Å². The number of hydrogen-bond acceptors (Lipinski definition) is 5. The fraction of sp³-hybridized carbons (Fsp3) is 0.269. The van der Waals surface area contributed by atoms with Gasteiger partial charge in [0.15, 0.2) is 5.60 Å². The molecule has 0 unspecified atom stereocenters. The van der Waals surface area contributed by atoms with Crippen molar-refractivity contribution in [3.8, 4) is 11.5 Å². The first-order chi connectivity index (χ1) is 15.0. The Bertz CT molecular complexity index is 968. The Balaban J connectivity index is 1.53. The molecule has 3 aromatic carbocycles. The van der Waals surface area contributed by atoms with E-state index in [4.69, 9.17) is 14.2 Å². The number of hydrogen-bond donors (Lipinski definition) is 1. The van der Waals surface area contributed by atoms with Gasteiger partial charge in [-0.25, -0.2) is 4.79 Å². The van der Waals surface area contributed by atoms with E-state index in [0.717, 1.165) is 22.6 Å². The molecule has 0 radical (unpaired) electrons. The normalized spacial score (nSPS) is 10.9. The number of rotatable bonds is 10. The highest BCUT2D eigenvalue weighted by Gasteiger charge is 2.31. The Morgan fingerprint density at radius 2 is 1.61 bits per heavy atom. The number of ether oxygens (including phenoxy) is 3. The van der Waals surface area contributed by atoms with Gasteiger partial charge in [-0.3, -0.25) is 0 Å². The van der Waals surface area contributed by atoms with Gasteiger partial charge >= 0.3 is 5.97 Å². The largest absolute Gasteiger partial charge is 0.489 e. The Labute approximate surface area is 184 Å². The molecule has 0 bridgehead atoms. The molecule has 0 saturated carbocycles. The monoisotopic (exact) mass is 419 g/mol. The molecule has 31 heavy (non-hydrogen) atoms. The highest BCUT2D eigenvalue weighted by atomic mass is 16.6. The van der Waals surface area contributed by atoms with Crippen molar-refractivity contribution in [1.29, 1.82) is 0 Å². The Kier molecular flexibility index (Phi) is 7.55. The topological polar surface area (TPSA) is 56.8 Å². The molecule has 1 N–H and O–H groups in total. The molecule has 162 valence electrons. The summed E-state index contributed by atoms with van der Waals surface area (Å²) in [6.45, 7) is 6.71. The van der Waals surface area contributed by atoms with Crippen LogP contribution in [-0.4, -0.2) is 18.2 Å². The van der Waals surface area contributed by atoms with Crippen LogP contribution in [0.2, 0.25) is 0 Å². The van der Waals surface area contributed by atoms with E-state index >= 15 is 0 Å². The van der Waals surface area contributed by atoms with Gasteiger partial charge in [-0.2, -0.15) is 0 Å². The van der Waals surface area contributed by atoms with E-state index < -0.39 is 5.60 Å². The van der Waals surface area contributed by atoms with Crippen LogP contribution >= 0.6 is 0 Å². The number of esters is 1. The Hall–Kier alpha value is -3.47. The SMILES string of the molecule is CCOC(=O)C(C)(C)Oc1cccc(NCc2ccc(OCc3ccccc3)cc2)c1. The lowest BCUT2D eigenvalue weighted by atomic mass is 10.1. The summed E-state index contributed by atoms with van der Waals surface area (Å²) in [7, 11) is 0.